The number of aromatic nitrogens is 1. The van der Waals surface area contributed by atoms with Gasteiger partial charge in [0.15, 0.2) is 0 Å². The number of H-pyrrole nitrogens is 1. The number of nitrogens with one attached hydrogen (secondary N) is 1. The first-order chi connectivity index (χ1) is 8.33. The largest absolute Gasteiger partial charge is 0.497 e. The third-order valence-electron chi connectivity index (χ3n) is 2.65. The van der Waals surface area contributed by atoms with E-state index < -0.39 is 0 Å². The molecule has 1 N–H and O–H groups in total. The molecule has 0 unspecified atom stereocenters. The summed E-state index contributed by atoms with van der Waals surface area (Å²) in [5.41, 5.74) is 10.4. The number of azide groups is 1. The number of benzene rings is 1. The molecule has 0 aliphatic carbocycles. The molecule has 2 aromatic rings. The summed E-state index contributed by atoms with van der Waals surface area (Å²) in [5, 5.41) is 4.66. The highest BCUT2D eigenvalue weighted by Crippen LogP contribution is 2.21. The zero-order valence-corrected chi connectivity index (χ0v) is 9.68. The van der Waals surface area contributed by atoms with Gasteiger partial charge in [0.2, 0.25) is 0 Å². The summed E-state index contributed by atoms with van der Waals surface area (Å²) in [6.07, 6.45) is 1.74. The third kappa shape index (κ3) is 2.71. The van der Waals surface area contributed by atoms with Crippen LogP contribution in [-0.4, -0.2) is 18.6 Å². The first kappa shape index (κ1) is 11.4. The highest BCUT2D eigenvalue weighted by atomic mass is 16.5. The van der Waals surface area contributed by atoms with Gasteiger partial charge in [0, 0.05) is 28.1 Å². The number of hydrogen-bond donors (Lipinski definition) is 1. The molecule has 0 spiro atoms. The molecule has 0 aliphatic heterocycles. The smallest absolute Gasteiger partial charge is 0.119 e. The molecule has 0 bridgehead atoms. The molecule has 5 nitrogen and oxygen atoms in total. The van der Waals surface area contributed by atoms with Gasteiger partial charge < -0.3 is 9.72 Å². The quantitative estimate of drug-likeness (QED) is 0.363. The summed E-state index contributed by atoms with van der Waals surface area (Å²) < 4.78 is 5.18. The molecule has 1 aromatic heterocycles. The van der Waals surface area contributed by atoms with Gasteiger partial charge in [-0.05, 0) is 42.6 Å². The average molecular weight is 230 g/mol. The molecule has 0 amide bonds. The molecule has 0 atom stereocenters. The molecule has 0 aliphatic rings. The van der Waals surface area contributed by atoms with Crippen molar-refractivity contribution < 1.29 is 4.74 Å². The number of fused-ring (bicyclic) bond motifs is 1. The van der Waals surface area contributed by atoms with Gasteiger partial charge in [0.05, 0.1) is 7.11 Å². The molecule has 0 fully saturated rings. The van der Waals surface area contributed by atoms with Crippen LogP contribution in [-0.2, 0) is 6.42 Å². The second-order valence-corrected chi connectivity index (χ2v) is 3.81. The number of rotatable bonds is 5. The Kier molecular flexibility index (Phi) is 3.52. The van der Waals surface area contributed by atoms with Crippen LogP contribution in [0.5, 0.6) is 5.75 Å². The predicted molar refractivity (Wildman–Crippen MR) is 67.2 cm³/mol. The third-order valence-corrected chi connectivity index (χ3v) is 2.65. The first-order valence-electron chi connectivity index (χ1n) is 5.50. The minimum absolute atomic E-state index is 0.537. The SMILES string of the molecule is COc1ccc2[nH]c(CCCN=[N+]=[N-])cc2c1. The summed E-state index contributed by atoms with van der Waals surface area (Å²) in [6, 6.07) is 8.05. The monoisotopic (exact) mass is 230 g/mol. The molecule has 88 valence electrons. The van der Waals surface area contributed by atoms with Crippen LogP contribution in [0.1, 0.15) is 12.1 Å². The lowest BCUT2D eigenvalue weighted by atomic mass is 10.2. The Labute approximate surface area is 99.0 Å². The van der Waals surface area contributed by atoms with E-state index in [1.165, 1.54) is 0 Å². The number of aromatic amines is 1. The number of ether oxygens (including phenoxy) is 1. The van der Waals surface area contributed by atoms with Crippen molar-refractivity contribution in [3.8, 4) is 5.75 Å². The second kappa shape index (κ2) is 5.27. The van der Waals surface area contributed by atoms with Gasteiger partial charge in [0.1, 0.15) is 5.75 Å². The van der Waals surface area contributed by atoms with E-state index in [2.05, 4.69) is 21.1 Å². The number of aryl methyl sites for hydroxylation is 1. The van der Waals surface area contributed by atoms with Crippen LogP contribution in [0.4, 0.5) is 0 Å². The summed E-state index contributed by atoms with van der Waals surface area (Å²) >= 11 is 0. The van der Waals surface area contributed by atoms with Crippen LogP contribution >= 0.6 is 0 Å². The van der Waals surface area contributed by atoms with Crippen molar-refractivity contribution >= 4 is 10.9 Å². The van der Waals surface area contributed by atoms with E-state index in [0.717, 1.165) is 35.2 Å². The number of methoxy groups -OCH3 is 1. The van der Waals surface area contributed by atoms with Crippen molar-refractivity contribution in [2.45, 2.75) is 12.8 Å². The zero-order chi connectivity index (χ0) is 12.1. The van der Waals surface area contributed by atoms with Crippen LogP contribution in [0.15, 0.2) is 29.4 Å². The van der Waals surface area contributed by atoms with Crippen molar-refractivity contribution in [3.05, 3.63) is 40.4 Å². The Balaban J connectivity index is 2.11. The summed E-state index contributed by atoms with van der Waals surface area (Å²) in [7, 11) is 1.66. The highest BCUT2D eigenvalue weighted by molar-refractivity contribution is 5.81. The van der Waals surface area contributed by atoms with Crippen LogP contribution in [0, 0.1) is 0 Å². The van der Waals surface area contributed by atoms with Crippen molar-refractivity contribution in [1.82, 2.24) is 4.98 Å². The molecule has 0 saturated heterocycles. The molecular formula is C12H14N4O. The molecule has 0 saturated carbocycles. The maximum atomic E-state index is 8.17. The first-order valence-corrected chi connectivity index (χ1v) is 5.50. The van der Waals surface area contributed by atoms with Crippen molar-refractivity contribution in [1.29, 1.82) is 0 Å². The summed E-state index contributed by atoms with van der Waals surface area (Å²) in [4.78, 5) is 6.06. The normalized spacial score (nSPS) is 10.2. The van der Waals surface area contributed by atoms with Crippen LogP contribution in [0.2, 0.25) is 0 Å². The minimum Gasteiger partial charge on any atom is -0.497 e. The molecule has 2 rings (SSSR count). The molecular weight excluding hydrogens is 216 g/mol. The molecule has 0 radical (unpaired) electrons. The van der Waals surface area contributed by atoms with E-state index in [4.69, 9.17) is 10.3 Å². The van der Waals surface area contributed by atoms with Gasteiger partial charge in [-0.1, -0.05) is 5.11 Å². The van der Waals surface area contributed by atoms with E-state index >= 15 is 0 Å². The maximum absolute atomic E-state index is 8.17. The van der Waals surface area contributed by atoms with E-state index in [1.54, 1.807) is 7.11 Å². The molecule has 1 aromatic carbocycles. The molecule has 1 heterocycles. The number of nitrogens with zero attached hydrogens (tertiary/aromatic N) is 3. The van der Waals surface area contributed by atoms with Gasteiger partial charge in [0.25, 0.3) is 0 Å². The minimum atomic E-state index is 0.537. The van der Waals surface area contributed by atoms with E-state index in [1.807, 2.05) is 18.2 Å². The lowest BCUT2D eigenvalue weighted by Crippen LogP contribution is -1.87. The predicted octanol–water partition coefficient (Wildman–Crippen LogP) is 3.42. The van der Waals surface area contributed by atoms with E-state index in [0.29, 0.717) is 6.54 Å². The van der Waals surface area contributed by atoms with Crippen molar-refractivity contribution in [2.75, 3.05) is 13.7 Å². The fourth-order valence-corrected chi connectivity index (χ4v) is 1.82. The van der Waals surface area contributed by atoms with Crippen LogP contribution in [0.25, 0.3) is 21.3 Å². The molecule has 5 heteroatoms. The second-order valence-electron chi connectivity index (χ2n) is 3.81. The Morgan fingerprint density at radius 3 is 3.06 bits per heavy atom. The van der Waals surface area contributed by atoms with Gasteiger partial charge in [-0.25, -0.2) is 0 Å². The Morgan fingerprint density at radius 2 is 2.29 bits per heavy atom. The lowest BCUT2D eigenvalue weighted by molar-refractivity contribution is 0.415. The Hall–Kier alpha value is -2.13. The average Bonchev–Trinajstić information content (AvgIpc) is 2.76. The zero-order valence-electron chi connectivity index (χ0n) is 9.68. The van der Waals surface area contributed by atoms with E-state index in [9.17, 15) is 0 Å². The lowest BCUT2D eigenvalue weighted by Gasteiger charge is -1.97. The standard InChI is InChI=1S/C12H14N4O/c1-17-11-4-5-12-9(8-11)7-10(15-12)3-2-6-14-16-13/h4-5,7-8,15H,2-3,6H2,1H3. The highest BCUT2D eigenvalue weighted by Gasteiger charge is 2.01. The fraction of sp³-hybridized carbons (Fsp3) is 0.333. The molecule has 17 heavy (non-hydrogen) atoms. The number of hydrogen-bond acceptors (Lipinski definition) is 2. The van der Waals surface area contributed by atoms with E-state index in [-0.39, 0.29) is 0 Å². The van der Waals surface area contributed by atoms with Gasteiger partial charge in [-0.3, -0.25) is 0 Å². The summed E-state index contributed by atoms with van der Waals surface area (Å²) in [5.74, 6) is 0.858. The summed E-state index contributed by atoms with van der Waals surface area (Å²) in [6.45, 7) is 0.537. The van der Waals surface area contributed by atoms with Crippen LogP contribution < -0.4 is 4.74 Å². The fourth-order valence-electron chi connectivity index (χ4n) is 1.82. The van der Waals surface area contributed by atoms with Gasteiger partial charge in [-0.2, -0.15) is 0 Å². The van der Waals surface area contributed by atoms with Crippen LogP contribution in [0.3, 0.4) is 0 Å². The maximum Gasteiger partial charge on any atom is 0.119 e. The van der Waals surface area contributed by atoms with Crippen molar-refractivity contribution in [2.24, 2.45) is 5.11 Å². The van der Waals surface area contributed by atoms with Gasteiger partial charge in [-0.15, -0.1) is 0 Å². The Bertz CT molecular complexity index is 555. The van der Waals surface area contributed by atoms with Gasteiger partial charge >= 0.3 is 0 Å². The van der Waals surface area contributed by atoms with Crippen molar-refractivity contribution in [3.63, 3.8) is 0 Å². The topological polar surface area (TPSA) is 73.8 Å². The Morgan fingerprint density at radius 1 is 1.41 bits per heavy atom.